The van der Waals surface area contributed by atoms with E-state index in [2.05, 4.69) is 10.3 Å². The summed E-state index contributed by atoms with van der Waals surface area (Å²) >= 11 is 6.16. The minimum atomic E-state index is -4.08. The van der Waals surface area contributed by atoms with Gasteiger partial charge in [-0.15, -0.1) is 0 Å². The number of anilines is 1. The first-order chi connectivity index (χ1) is 13.9. The summed E-state index contributed by atoms with van der Waals surface area (Å²) in [6.07, 6.45) is 1.42. The highest BCUT2D eigenvalue weighted by atomic mass is 35.5. The van der Waals surface area contributed by atoms with E-state index in [1.165, 1.54) is 18.4 Å². The molecule has 0 aliphatic rings. The SMILES string of the molecule is O=S(=O)(c1ccc(F)cc1)c1nc(-c2ccco2)oc1NCc1ccccc1Cl. The van der Waals surface area contributed by atoms with Crippen molar-refractivity contribution in [2.45, 2.75) is 16.5 Å². The molecule has 1 N–H and O–H groups in total. The Kier molecular flexibility index (Phi) is 5.12. The lowest BCUT2D eigenvalue weighted by molar-refractivity contribution is 0.522. The number of rotatable bonds is 6. The van der Waals surface area contributed by atoms with E-state index >= 15 is 0 Å². The maximum Gasteiger partial charge on any atom is 0.266 e. The van der Waals surface area contributed by atoms with Crippen molar-refractivity contribution >= 4 is 27.3 Å². The average molecular weight is 433 g/mol. The number of hydrogen-bond acceptors (Lipinski definition) is 6. The third kappa shape index (κ3) is 3.90. The second kappa shape index (κ2) is 7.73. The topological polar surface area (TPSA) is 85.3 Å². The zero-order valence-electron chi connectivity index (χ0n) is 14.8. The Morgan fingerprint density at radius 1 is 1.03 bits per heavy atom. The monoisotopic (exact) mass is 432 g/mol. The zero-order valence-corrected chi connectivity index (χ0v) is 16.4. The van der Waals surface area contributed by atoms with Crippen LogP contribution in [0.3, 0.4) is 0 Å². The molecule has 6 nitrogen and oxygen atoms in total. The highest BCUT2D eigenvalue weighted by Gasteiger charge is 2.29. The Morgan fingerprint density at radius 2 is 1.79 bits per heavy atom. The summed E-state index contributed by atoms with van der Waals surface area (Å²) in [5.74, 6) is -0.346. The van der Waals surface area contributed by atoms with Crippen LogP contribution in [-0.2, 0) is 16.4 Å². The van der Waals surface area contributed by atoms with Crippen LogP contribution in [0.4, 0.5) is 10.3 Å². The van der Waals surface area contributed by atoms with E-state index < -0.39 is 15.7 Å². The van der Waals surface area contributed by atoms with Gasteiger partial charge in [-0.1, -0.05) is 29.8 Å². The number of furan rings is 1. The number of hydrogen-bond donors (Lipinski definition) is 1. The fraction of sp³-hybridized carbons (Fsp3) is 0.0500. The van der Waals surface area contributed by atoms with Crippen LogP contribution < -0.4 is 5.32 Å². The van der Waals surface area contributed by atoms with Gasteiger partial charge in [0.05, 0.1) is 11.2 Å². The van der Waals surface area contributed by atoms with E-state index in [-0.39, 0.29) is 34.0 Å². The fourth-order valence-corrected chi connectivity index (χ4v) is 4.13. The number of benzene rings is 2. The molecule has 9 heteroatoms. The summed E-state index contributed by atoms with van der Waals surface area (Å²) in [6.45, 7) is 0.207. The van der Waals surface area contributed by atoms with Gasteiger partial charge in [-0.3, -0.25) is 0 Å². The Balaban J connectivity index is 1.75. The zero-order chi connectivity index (χ0) is 20.4. The summed E-state index contributed by atoms with van der Waals surface area (Å²) < 4.78 is 50.3. The van der Waals surface area contributed by atoms with Gasteiger partial charge in [0.15, 0.2) is 5.76 Å². The van der Waals surface area contributed by atoms with Gasteiger partial charge >= 0.3 is 0 Å². The molecule has 2 aromatic heterocycles. The molecular formula is C20H14ClFN2O4S. The van der Waals surface area contributed by atoms with Gasteiger partial charge in [0.2, 0.25) is 20.7 Å². The van der Waals surface area contributed by atoms with Crippen molar-refractivity contribution < 1.29 is 21.6 Å². The molecule has 0 saturated carbocycles. The standard InChI is InChI=1S/C20H14ClFN2O4S/c21-16-5-2-1-4-13(16)12-23-19-20(24-18(28-19)17-6-3-11-27-17)29(25,26)15-9-7-14(22)8-10-15/h1-11,23H,12H2. The van der Waals surface area contributed by atoms with Crippen LogP contribution in [0.25, 0.3) is 11.7 Å². The maximum absolute atomic E-state index is 13.2. The molecule has 0 bridgehead atoms. The second-order valence-corrected chi connectivity index (χ2v) is 8.31. The number of nitrogens with zero attached hydrogens (tertiary/aromatic N) is 1. The Labute approximate surface area is 170 Å². The van der Waals surface area contributed by atoms with Crippen molar-refractivity contribution in [3.05, 3.63) is 83.3 Å². The third-order valence-electron chi connectivity index (χ3n) is 4.10. The van der Waals surface area contributed by atoms with Gasteiger partial charge in [-0.25, -0.2) is 12.8 Å². The molecule has 0 fully saturated rings. The fourth-order valence-electron chi connectivity index (χ4n) is 2.65. The van der Waals surface area contributed by atoms with Gasteiger partial charge in [0.25, 0.3) is 5.89 Å². The minimum absolute atomic E-state index is 0.00246. The van der Waals surface area contributed by atoms with Crippen molar-refractivity contribution in [2.75, 3.05) is 5.32 Å². The number of sulfone groups is 1. The van der Waals surface area contributed by atoms with Crippen LogP contribution in [-0.4, -0.2) is 13.4 Å². The molecule has 2 aromatic carbocycles. The molecular weight excluding hydrogens is 419 g/mol. The molecule has 0 spiro atoms. The van der Waals surface area contributed by atoms with E-state index in [1.54, 1.807) is 30.3 Å². The van der Waals surface area contributed by atoms with E-state index in [0.29, 0.717) is 5.02 Å². The molecule has 0 saturated heterocycles. The molecule has 148 valence electrons. The molecule has 0 amide bonds. The lowest BCUT2D eigenvalue weighted by Gasteiger charge is -2.07. The van der Waals surface area contributed by atoms with Crippen LogP contribution >= 0.6 is 11.6 Å². The van der Waals surface area contributed by atoms with Gasteiger partial charge in [0.1, 0.15) is 5.82 Å². The van der Waals surface area contributed by atoms with E-state index in [4.69, 9.17) is 20.4 Å². The smallest absolute Gasteiger partial charge is 0.266 e. The summed E-state index contributed by atoms with van der Waals surface area (Å²) in [5, 5.41) is 3.12. The van der Waals surface area contributed by atoms with Crippen molar-refractivity contribution in [1.29, 1.82) is 0 Å². The van der Waals surface area contributed by atoms with Crippen molar-refractivity contribution in [2.24, 2.45) is 0 Å². The lowest BCUT2D eigenvalue weighted by atomic mass is 10.2. The van der Waals surface area contributed by atoms with E-state index in [0.717, 1.165) is 17.7 Å². The number of oxazole rings is 1. The molecule has 4 rings (SSSR count). The molecule has 2 heterocycles. The Morgan fingerprint density at radius 3 is 2.48 bits per heavy atom. The van der Waals surface area contributed by atoms with Crippen LogP contribution in [0.2, 0.25) is 5.02 Å². The summed E-state index contributed by atoms with van der Waals surface area (Å²) in [5.41, 5.74) is 0.746. The first kappa shape index (κ1) is 19.2. The molecule has 0 aliphatic heterocycles. The maximum atomic E-state index is 13.2. The van der Waals surface area contributed by atoms with E-state index in [1.807, 2.05) is 6.07 Å². The molecule has 0 radical (unpaired) electrons. The van der Waals surface area contributed by atoms with Crippen LogP contribution in [0.5, 0.6) is 0 Å². The van der Waals surface area contributed by atoms with Gasteiger partial charge in [-0.05, 0) is 48.0 Å². The van der Waals surface area contributed by atoms with Crippen LogP contribution in [0.15, 0.2) is 85.7 Å². The van der Waals surface area contributed by atoms with Crippen molar-refractivity contribution in [3.63, 3.8) is 0 Å². The summed E-state index contributed by atoms with van der Waals surface area (Å²) in [4.78, 5) is 4.01. The Bertz CT molecular complexity index is 1240. The predicted molar refractivity (Wildman–Crippen MR) is 105 cm³/mol. The average Bonchev–Trinajstić information content (AvgIpc) is 3.38. The summed E-state index contributed by atoms with van der Waals surface area (Å²) in [7, 11) is -4.08. The second-order valence-electron chi connectivity index (χ2n) is 6.03. The quantitative estimate of drug-likeness (QED) is 0.423. The first-order valence-electron chi connectivity index (χ1n) is 8.48. The molecule has 4 aromatic rings. The molecule has 0 atom stereocenters. The summed E-state index contributed by atoms with van der Waals surface area (Å²) in [6, 6.07) is 14.8. The third-order valence-corrected chi connectivity index (χ3v) is 6.15. The molecule has 29 heavy (non-hydrogen) atoms. The first-order valence-corrected chi connectivity index (χ1v) is 10.3. The van der Waals surface area contributed by atoms with Crippen LogP contribution in [0, 0.1) is 5.82 Å². The molecule has 0 aliphatic carbocycles. The van der Waals surface area contributed by atoms with Gasteiger partial charge < -0.3 is 14.2 Å². The number of nitrogens with one attached hydrogen (secondary N) is 1. The largest absolute Gasteiger partial charge is 0.459 e. The van der Waals surface area contributed by atoms with Crippen molar-refractivity contribution in [3.8, 4) is 11.7 Å². The highest BCUT2D eigenvalue weighted by molar-refractivity contribution is 7.91. The molecule has 0 unspecified atom stereocenters. The van der Waals surface area contributed by atoms with Gasteiger partial charge in [0, 0.05) is 11.6 Å². The number of halogens is 2. The van der Waals surface area contributed by atoms with Crippen molar-refractivity contribution in [1.82, 2.24) is 4.98 Å². The minimum Gasteiger partial charge on any atom is -0.459 e. The normalized spacial score (nSPS) is 11.5. The highest BCUT2D eigenvalue weighted by Crippen LogP contribution is 2.33. The van der Waals surface area contributed by atoms with Crippen LogP contribution in [0.1, 0.15) is 5.56 Å². The number of aromatic nitrogens is 1. The Hall–Kier alpha value is -3.10. The lowest BCUT2D eigenvalue weighted by Crippen LogP contribution is -2.07. The van der Waals surface area contributed by atoms with Gasteiger partial charge in [-0.2, -0.15) is 4.98 Å². The van der Waals surface area contributed by atoms with E-state index in [9.17, 15) is 12.8 Å². The predicted octanol–water partition coefficient (Wildman–Crippen LogP) is 5.17.